The summed E-state index contributed by atoms with van der Waals surface area (Å²) < 4.78 is 0.584. The Hall–Kier alpha value is 0.360. The minimum Gasteiger partial charge on any atom is -0.396 e. The number of halogens is 1. The summed E-state index contributed by atoms with van der Waals surface area (Å²) >= 11 is 2.13. The minimum atomic E-state index is 0.102. The van der Waals surface area contributed by atoms with E-state index in [-0.39, 0.29) is 12.5 Å². The van der Waals surface area contributed by atoms with Crippen molar-refractivity contribution in [3.05, 3.63) is 0 Å². The van der Waals surface area contributed by atoms with Gasteiger partial charge in [0.05, 0.1) is 4.43 Å². The van der Waals surface area contributed by atoms with Crippen LogP contribution in [0.2, 0.25) is 0 Å². The molecule has 1 N–H and O–H groups in total. The molecule has 0 heterocycles. The highest BCUT2D eigenvalue weighted by atomic mass is 127. The first-order valence-corrected chi connectivity index (χ1v) is 10.5. The van der Waals surface area contributed by atoms with Crippen LogP contribution < -0.4 is 0 Å². The largest absolute Gasteiger partial charge is 0.396 e. The van der Waals surface area contributed by atoms with Gasteiger partial charge in [-0.3, -0.25) is 4.79 Å². The average Bonchev–Trinajstić information content (AvgIpc) is 2.50. The summed E-state index contributed by atoms with van der Waals surface area (Å²) in [4.78, 5) is 11.7. The van der Waals surface area contributed by atoms with E-state index in [1.807, 2.05) is 0 Å². The van der Waals surface area contributed by atoms with E-state index in [1.165, 1.54) is 64.2 Å². The molecule has 126 valence electrons. The van der Waals surface area contributed by atoms with Gasteiger partial charge in [-0.2, -0.15) is 0 Å². The molecule has 0 amide bonds. The lowest BCUT2D eigenvalue weighted by Crippen LogP contribution is -2.17. The molecule has 0 radical (unpaired) electrons. The van der Waals surface area contributed by atoms with Crippen LogP contribution in [0.4, 0.5) is 0 Å². The predicted molar refractivity (Wildman–Crippen MR) is 100 cm³/mol. The number of hydrogen-bond donors (Lipinski definition) is 1. The van der Waals surface area contributed by atoms with Crippen LogP contribution in [0.3, 0.4) is 0 Å². The van der Waals surface area contributed by atoms with Crippen LogP contribution in [0, 0.1) is 5.92 Å². The van der Waals surface area contributed by atoms with Crippen LogP contribution in [-0.4, -0.2) is 21.9 Å². The van der Waals surface area contributed by atoms with E-state index < -0.39 is 0 Å². The van der Waals surface area contributed by atoms with Crippen molar-refractivity contribution in [3.63, 3.8) is 0 Å². The monoisotopic (exact) mass is 410 g/mol. The minimum absolute atomic E-state index is 0.102. The van der Waals surface area contributed by atoms with Crippen LogP contribution >= 0.6 is 22.6 Å². The number of ketones is 1. The van der Waals surface area contributed by atoms with Gasteiger partial charge in [-0.05, 0) is 12.8 Å². The first-order valence-electron chi connectivity index (χ1n) is 8.95. The number of aliphatic hydroxyl groups is 1. The molecule has 0 aromatic rings. The summed E-state index contributed by atoms with van der Waals surface area (Å²) in [6.45, 7) is 2.41. The Morgan fingerprint density at radius 2 is 1.33 bits per heavy atom. The molecule has 0 spiro atoms. The molecule has 0 aliphatic rings. The fourth-order valence-corrected chi connectivity index (χ4v) is 3.41. The molecule has 21 heavy (non-hydrogen) atoms. The Morgan fingerprint density at radius 1 is 0.857 bits per heavy atom. The highest BCUT2D eigenvalue weighted by Gasteiger charge is 2.15. The van der Waals surface area contributed by atoms with Gasteiger partial charge in [0, 0.05) is 12.5 Å². The zero-order chi connectivity index (χ0) is 15.8. The number of alkyl halides is 1. The van der Waals surface area contributed by atoms with E-state index in [9.17, 15) is 4.79 Å². The van der Waals surface area contributed by atoms with E-state index in [0.717, 1.165) is 12.8 Å². The molecule has 0 aromatic carbocycles. The van der Waals surface area contributed by atoms with E-state index in [0.29, 0.717) is 16.6 Å². The molecule has 0 saturated heterocycles. The Bertz CT molecular complexity index is 231. The van der Waals surface area contributed by atoms with E-state index in [4.69, 9.17) is 5.11 Å². The van der Waals surface area contributed by atoms with Gasteiger partial charge in [0.25, 0.3) is 0 Å². The maximum absolute atomic E-state index is 11.7. The summed E-state index contributed by atoms with van der Waals surface area (Å²) in [5.74, 6) is 0.419. The lowest BCUT2D eigenvalue weighted by atomic mass is 9.94. The number of carbonyl (C=O) groups excluding carboxylic acids is 1. The van der Waals surface area contributed by atoms with Crippen molar-refractivity contribution in [2.75, 3.05) is 11.0 Å². The van der Waals surface area contributed by atoms with Crippen molar-refractivity contribution in [2.24, 2.45) is 5.92 Å². The highest BCUT2D eigenvalue weighted by Crippen LogP contribution is 2.17. The molecule has 0 aliphatic heterocycles. The Balaban J connectivity index is 3.35. The van der Waals surface area contributed by atoms with Crippen LogP contribution in [0.15, 0.2) is 0 Å². The second kappa shape index (κ2) is 16.7. The van der Waals surface area contributed by atoms with Crippen molar-refractivity contribution in [3.8, 4) is 0 Å². The molecule has 0 rings (SSSR count). The lowest BCUT2D eigenvalue weighted by Gasteiger charge is -2.12. The Morgan fingerprint density at radius 3 is 1.76 bits per heavy atom. The molecule has 1 atom stereocenters. The van der Waals surface area contributed by atoms with Crippen LogP contribution in [0.25, 0.3) is 0 Å². The molecule has 0 saturated carbocycles. The van der Waals surface area contributed by atoms with Crippen LogP contribution in [-0.2, 0) is 4.79 Å². The SMILES string of the molecule is CCCCCCCCCCCCCC(CCO)C(=O)CI. The number of carbonyl (C=O) groups is 1. The third kappa shape index (κ3) is 13.7. The second-order valence-corrected chi connectivity index (χ2v) is 6.90. The van der Waals surface area contributed by atoms with Crippen LogP contribution in [0.5, 0.6) is 0 Å². The molecule has 3 heteroatoms. The number of aliphatic hydroxyl groups excluding tert-OH is 1. The molecular weight excluding hydrogens is 375 g/mol. The van der Waals surface area contributed by atoms with E-state index in [1.54, 1.807) is 0 Å². The Labute approximate surface area is 145 Å². The third-order valence-electron chi connectivity index (χ3n) is 4.22. The van der Waals surface area contributed by atoms with E-state index in [2.05, 4.69) is 29.5 Å². The quantitative estimate of drug-likeness (QED) is 0.202. The number of hydrogen-bond acceptors (Lipinski definition) is 2. The molecule has 0 aromatic heterocycles. The number of Topliss-reactive ketones (excluding diaryl/α,β-unsaturated/α-hetero) is 1. The molecule has 0 fully saturated rings. The van der Waals surface area contributed by atoms with Gasteiger partial charge in [0.15, 0.2) is 0 Å². The second-order valence-electron chi connectivity index (χ2n) is 6.13. The van der Waals surface area contributed by atoms with Gasteiger partial charge in [-0.15, -0.1) is 0 Å². The van der Waals surface area contributed by atoms with Crippen LogP contribution in [0.1, 0.15) is 90.4 Å². The molecular formula is C18H35IO2. The van der Waals surface area contributed by atoms with Crippen molar-refractivity contribution in [1.29, 1.82) is 0 Å². The fourth-order valence-electron chi connectivity index (χ4n) is 2.79. The van der Waals surface area contributed by atoms with Gasteiger partial charge >= 0.3 is 0 Å². The molecule has 1 unspecified atom stereocenters. The van der Waals surface area contributed by atoms with Gasteiger partial charge in [0.2, 0.25) is 0 Å². The standard InChI is InChI=1S/C18H35IO2/c1-2-3-4-5-6-7-8-9-10-11-12-13-17(14-15-20)18(21)16-19/h17,20H,2-16H2,1H3. The maximum Gasteiger partial charge on any atom is 0.145 e. The zero-order valence-electron chi connectivity index (χ0n) is 13.9. The smallest absolute Gasteiger partial charge is 0.145 e. The fraction of sp³-hybridized carbons (Fsp3) is 0.944. The molecule has 2 nitrogen and oxygen atoms in total. The average molecular weight is 410 g/mol. The van der Waals surface area contributed by atoms with Crippen molar-refractivity contribution in [1.82, 2.24) is 0 Å². The molecule has 0 aliphatic carbocycles. The van der Waals surface area contributed by atoms with Gasteiger partial charge in [0.1, 0.15) is 5.78 Å². The summed E-state index contributed by atoms with van der Waals surface area (Å²) in [5.41, 5.74) is 0. The summed E-state index contributed by atoms with van der Waals surface area (Å²) in [5, 5.41) is 9.00. The summed E-state index contributed by atoms with van der Waals surface area (Å²) in [6.07, 6.45) is 16.4. The predicted octanol–water partition coefficient (Wildman–Crippen LogP) is 5.69. The number of unbranched alkanes of at least 4 members (excludes halogenated alkanes) is 10. The van der Waals surface area contributed by atoms with Crippen molar-refractivity contribution < 1.29 is 9.90 Å². The Kier molecular flexibility index (Phi) is 17.0. The van der Waals surface area contributed by atoms with Crippen molar-refractivity contribution >= 4 is 28.4 Å². The van der Waals surface area contributed by atoms with Gasteiger partial charge in [-0.25, -0.2) is 0 Å². The first kappa shape index (κ1) is 21.4. The normalized spacial score (nSPS) is 12.5. The highest BCUT2D eigenvalue weighted by molar-refractivity contribution is 14.1. The van der Waals surface area contributed by atoms with E-state index >= 15 is 0 Å². The zero-order valence-corrected chi connectivity index (χ0v) is 16.1. The summed E-state index contributed by atoms with van der Waals surface area (Å²) in [7, 11) is 0. The maximum atomic E-state index is 11.7. The first-order chi connectivity index (χ1) is 10.3. The molecule has 0 bridgehead atoms. The summed E-state index contributed by atoms with van der Waals surface area (Å²) in [6, 6.07) is 0. The van der Waals surface area contributed by atoms with Gasteiger partial charge < -0.3 is 5.11 Å². The third-order valence-corrected chi connectivity index (χ3v) is 4.97. The van der Waals surface area contributed by atoms with Crippen molar-refractivity contribution in [2.45, 2.75) is 90.4 Å². The van der Waals surface area contributed by atoms with Gasteiger partial charge in [-0.1, -0.05) is 100 Å². The lowest BCUT2D eigenvalue weighted by molar-refractivity contribution is -0.120. The topological polar surface area (TPSA) is 37.3 Å². The number of rotatable bonds is 16.